The Labute approximate surface area is 97.5 Å². The van der Waals surface area contributed by atoms with Crippen LogP contribution in [0.2, 0.25) is 0 Å². The highest BCUT2D eigenvalue weighted by Crippen LogP contribution is 2.52. The Hall–Kier alpha value is -0.600. The number of hydrogen-bond acceptors (Lipinski definition) is 1. The van der Waals surface area contributed by atoms with Crippen LogP contribution < -0.4 is 0 Å². The van der Waals surface area contributed by atoms with Crippen molar-refractivity contribution in [2.75, 3.05) is 6.54 Å². The highest BCUT2D eigenvalue weighted by Gasteiger charge is 2.52. The number of allylic oxidation sites excluding steroid dienone is 1. The van der Waals surface area contributed by atoms with Gasteiger partial charge in [0, 0.05) is 23.7 Å². The third kappa shape index (κ3) is 2.55. The van der Waals surface area contributed by atoms with Gasteiger partial charge in [-0.1, -0.05) is 20.4 Å². The molecule has 1 nitrogen and oxygen atoms in total. The minimum Gasteiger partial charge on any atom is -0.370 e. The summed E-state index contributed by atoms with van der Waals surface area (Å²) in [5.41, 5.74) is 1.11. The molecule has 1 saturated heterocycles. The van der Waals surface area contributed by atoms with Crippen LogP contribution in [-0.2, 0) is 0 Å². The fraction of sp³-hybridized carbons (Fsp3) is 0.846. The number of alkyl halides is 2. The molecule has 1 aliphatic carbocycles. The maximum atomic E-state index is 12.6. The van der Waals surface area contributed by atoms with Gasteiger partial charge in [-0.2, -0.15) is 0 Å². The molecule has 16 heavy (non-hydrogen) atoms. The first kappa shape index (κ1) is 13.5. The van der Waals surface area contributed by atoms with E-state index in [1.807, 2.05) is 20.8 Å². The number of hydrogen-bond donors (Lipinski definition) is 0. The first-order valence-electron chi connectivity index (χ1n) is 6.26. The maximum Gasteiger partial charge on any atom is 0.241 e. The van der Waals surface area contributed by atoms with Crippen molar-refractivity contribution in [3.8, 4) is 0 Å². The highest BCUT2D eigenvalue weighted by atomic mass is 19.3. The van der Waals surface area contributed by atoms with Gasteiger partial charge < -0.3 is 4.90 Å². The Morgan fingerprint density at radius 2 is 1.94 bits per heavy atom. The molecule has 1 spiro atoms. The summed E-state index contributed by atoms with van der Waals surface area (Å²) in [4.78, 5) is 2.24. The van der Waals surface area contributed by atoms with Gasteiger partial charge >= 0.3 is 0 Å². The van der Waals surface area contributed by atoms with Gasteiger partial charge in [-0.25, -0.2) is 8.78 Å². The monoisotopic (exact) mass is 231 g/mol. The summed E-state index contributed by atoms with van der Waals surface area (Å²) in [6.45, 7) is 10.7. The molecule has 0 aromatic rings. The van der Waals surface area contributed by atoms with Crippen molar-refractivity contribution in [1.82, 2.24) is 4.90 Å². The van der Waals surface area contributed by atoms with Crippen LogP contribution in [0.5, 0.6) is 0 Å². The SMILES string of the molecule is C=C(C)N1CCC(C(F)F)CC12CC2.CC. The van der Waals surface area contributed by atoms with E-state index >= 15 is 0 Å². The van der Waals surface area contributed by atoms with Crippen molar-refractivity contribution in [3.05, 3.63) is 12.3 Å². The van der Waals surface area contributed by atoms with Gasteiger partial charge in [0.2, 0.25) is 6.43 Å². The van der Waals surface area contributed by atoms with Crippen molar-refractivity contribution in [3.63, 3.8) is 0 Å². The molecule has 1 atom stereocenters. The number of rotatable bonds is 2. The van der Waals surface area contributed by atoms with E-state index in [4.69, 9.17) is 0 Å². The quantitative estimate of drug-likeness (QED) is 0.693. The molecule has 0 amide bonds. The van der Waals surface area contributed by atoms with Crippen LogP contribution in [-0.4, -0.2) is 23.4 Å². The third-order valence-electron chi connectivity index (χ3n) is 3.58. The van der Waals surface area contributed by atoms with Gasteiger partial charge in [-0.3, -0.25) is 0 Å². The summed E-state index contributed by atoms with van der Waals surface area (Å²) < 4.78 is 25.2. The zero-order chi connectivity index (χ0) is 12.3. The Morgan fingerprint density at radius 1 is 1.38 bits per heavy atom. The summed E-state index contributed by atoms with van der Waals surface area (Å²) in [5, 5.41) is 0. The number of halogens is 2. The molecule has 3 heteroatoms. The van der Waals surface area contributed by atoms with Crippen molar-refractivity contribution >= 4 is 0 Å². The molecule has 0 aromatic heterocycles. The first-order chi connectivity index (χ1) is 7.55. The van der Waals surface area contributed by atoms with Crippen molar-refractivity contribution < 1.29 is 8.78 Å². The number of nitrogens with zero attached hydrogens (tertiary/aromatic N) is 1. The van der Waals surface area contributed by atoms with E-state index in [-0.39, 0.29) is 11.5 Å². The van der Waals surface area contributed by atoms with Gasteiger partial charge in [0.05, 0.1) is 0 Å². The van der Waals surface area contributed by atoms with Gasteiger partial charge in [0.25, 0.3) is 0 Å². The lowest BCUT2D eigenvalue weighted by Gasteiger charge is -2.41. The fourth-order valence-electron chi connectivity index (χ4n) is 2.66. The van der Waals surface area contributed by atoms with E-state index < -0.39 is 6.43 Å². The van der Waals surface area contributed by atoms with E-state index in [1.54, 1.807) is 0 Å². The molecular formula is C13H23F2N. The lowest BCUT2D eigenvalue weighted by molar-refractivity contribution is 0.0143. The Morgan fingerprint density at radius 3 is 2.31 bits per heavy atom. The maximum absolute atomic E-state index is 12.6. The van der Waals surface area contributed by atoms with E-state index in [0.29, 0.717) is 12.8 Å². The molecule has 0 radical (unpaired) electrons. The van der Waals surface area contributed by atoms with Crippen LogP contribution in [0.25, 0.3) is 0 Å². The molecule has 1 aliphatic heterocycles. The summed E-state index contributed by atoms with van der Waals surface area (Å²) >= 11 is 0. The van der Waals surface area contributed by atoms with Crippen molar-refractivity contribution in [2.24, 2.45) is 5.92 Å². The predicted molar refractivity (Wildman–Crippen MR) is 63.6 cm³/mol. The summed E-state index contributed by atoms with van der Waals surface area (Å²) in [7, 11) is 0. The van der Waals surface area contributed by atoms with Gasteiger partial charge in [0.1, 0.15) is 0 Å². The molecule has 1 unspecified atom stereocenters. The normalized spacial score (nSPS) is 26.4. The standard InChI is InChI=1S/C11H17F2N.C2H6/c1-8(2)14-6-3-9(10(12)13)7-11(14)4-5-11;1-2/h9-10H,1,3-7H2,2H3;1-2H3. The molecule has 1 heterocycles. The second kappa shape index (κ2) is 5.15. The minimum absolute atomic E-state index is 0.0746. The molecule has 1 saturated carbocycles. The first-order valence-corrected chi connectivity index (χ1v) is 6.26. The van der Waals surface area contributed by atoms with Crippen LogP contribution >= 0.6 is 0 Å². The summed E-state index contributed by atoms with van der Waals surface area (Å²) in [6, 6.07) is 0. The van der Waals surface area contributed by atoms with Gasteiger partial charge in [0.15, 0.2) is 0 Å². The Bertz CT molecular complexity index is 246. The smallest absolute Gasteiger partial charge is 0.241 e. The van der Waals surface area contributed by atoms with Crippen LogP contribution in [0.1, 0.15) is 46.5 Å². The van der Waals surface area contributed by atoms with Gasteiger partial charge in [-0.05, 0) is 32.6 Å². The number of piperidine rings is 1. The predicted octanol–water partition coefficient (Wildman–Crippen LogP) is 4.06. The Balaban J connectivity index is 0.000000606. The van der Waals surface area contributed by atoms with E-state index in [0.717, 1.165) is 25.1 Å². The molecular weight excluding hydrogens is 208 g/mol. The topological polar surface area (TPSA) is 3.24 Å². The van der Waals surface area contributed by atoms with E-state index in [1.165, 1.54) is 0 Å². The summed E-state index contributed by atoms with van der Waals surface area (Å²) in [6.07, 6.45) is 1.29. The zero-order valence-electron chi connectivity index (χ0n) is 10.6. The van der Waals surface area contributed by atoms with Crippen molar-refractivity contribution in [1.29, 1.82) is 0 Å². The van der Waals surface area contributed by atoms with E-state index in [9.17, 15) is 8.78 Å². The molecule has 2 fully saturated rings. The molecule has 2 aliphatic rings. The molecule has 2 rings (SSSR count). The molecule has 0 N–H and O–H groups in total. The second-order valence-corrected chi connectivity index (χ2v) is 4.70. The fourth-order valence-corrected chi connectivity index (χ4v) is 2.66. The van der Waals surface area contributed by atoms with Crippen LogP contribution in [0.4, 0.5) is 8.78 Å². The van der Waals surface area contributed by atoms with Crippen LogP contribution in [0, 0.1) is 5.92 Å². The van der Waals surface area contributed by atoms with E-state index in [2.05, 4.69) is 11.5 Å². The van der Waals surface area contributed by atoms with Gasteiger partial charge in [-0.15, -0.1) is 0 Å². The van der Waals surface area contributed by atoms with Crippen LogP contribution in [0.3, 0.4) is 0 Å². The summed E-state index contributed by atoms with van der Waals surface area (Å²) in [5.74, 6) is -0.381. The molecule has 94 valence electrons. The lowest BCUT2D eigenvalue weighted by atomic mass is 9.89. The Kier molecular flexibility index (Phi) is 4.34. The minimum atomic E-state index is -2.14. The molecule has 0 bridgehead atoms. The molecule has 0 aromatic carbocycles. The zero-order valence-corrected chi connectivity index (χ0v) is 10.6. The second-order valence-electron chi connectivity index (χ2n) is 4.70. The van der Waals surface area contributed by atoms with Crippen LogP contribution in [0.15, 0.2) is 12.3 Å². The highest BCUT2D eigenvalue weighted by molar-refractivity contribution is 5.13. The van der Waals surface area contributed by atoms with Crippen molar-refractivity contribution in [2.45, 2.75) is 58.4 Å². The average Bonchev–Trinajstić information content (AvgIpc) is 3.00. The third-order valence-corrected chi connectivity index (χ3v) is 3.58. The largest absolute Gasteiger partial charge is 0.370 e. The lowest BCUT2D eigenvalue weighted by Crippen LogP contribution is -2.44. The number of likely N-dealkylation sites (tertiary alicyclic amines) is 1. The average molecular weight is 231 g/mol.